The van der Waals surface area contributed by atoms with Gasteiger partial charge in [0.15, 0.2) is 0 Å². The lowest BCUT2D eigenvalue weighted by Crippen LogP contribution is -2.37. The molecule has 1 heterocycles. The highest BCUT2D eigenvalue weighted by Crippen LogP contribution is 2.28. The predicted molar refractivity (Wildman–Crippen MR) is 86.3 cm³/mol. The first kappa shape index (κ1) is 17.3. The molecule has 0 saturated carbocycles. The van der Waals surface area contributed by atoms with E-state index >= 15 is 0 Å². The number of esters is 1. The van der Waals surface area contributed by atoms with E-state index in [2.05, 4.69) is 10.6 Å². The Kier molecular flexibility index (Phi) is 4.94. The molecule has 1 aliphatic rings. The molecule has 2 rings (SSSR count). The highest BCUT2D eigenvalue weighted by molar-refractivity contribution is 5.94. The quantitative estimate of drug-likeness (QED) is 0.833. The minimum atomic E-state index is -0.527. The molecule has 0 aliphatic carbocycles. The van der Waals surface area contributed by atoms with Crippen LogP contribution in [0.3, 0.4) is 0 Å². The van der Waals surface area contributed by atoms with Gasteiger partial charge in [-0.15, -0.1) is 0 Å². The van der Waals surface area contributed by atoms with Crippen molar-refractivity contribution in [2.45, 2.75) is 45.9 Å². The third kappa shape index (κ3) is 4.01. The van der Waals surface area contributed by atoms with Crippen LogP contribution < -0.4 is 10.6 Å². The molecule has 6 heteroatoms. The van der Waals surface area contributed by atoms with Gasteiger partial charge in [0.05, 0.1) is 5.56 Å². The average Bonchev–Trinajstić information content (AvgIpc) is 2.82. The fraction of sp³-hybridized carbons (Fsp3) is 0.529. The van der Waals surface area contributed by atoms with Gasteiger partial charge in [-0.2, -0.15) is 0 Å². The van der Waals surface area contributed by atoms with Crippen molar-refractivity contribution in [2.75, 3.05) is 13.6 Å². The monoisotopic (exact) mass is 320 g/mol. The first-order valence-electron chi connectivity index (χ1n) is 7.66. The standard InChI is InChI=1S/C17H24N2O4/c1-10-11(6-7-12-13(10)9-22-15(12)20)14(18-5)8-19-16(21)23-17(2,3)4/h6-7,14,18H,8-9H2,1-5H3,(H,19,21)/t14-/m0/s1. The Morgan fingerprint density at radius 1 is 1.39 bits per heavy atom. The Morgan fingerprint density at radius 2 is 2.09 bits per heavy atom. The number of carbonyl (C=O) groups is 2. The summed E-state index contributed by atoms with van der Waals surface area (Å²) in [7, 11) is 1.83. The lowest BCUT2D eigenvalue weighted by Gasteiger charge is -2.23. The number of nitrogens with one attached hydrogen (secondary N) is 2. The van der Waals surface area contributed by atoms with Crippen LogP contribution in [-0.2, 0) is 16.1 Å². The van der Waals surface area contributed by atoms with Crippen LogP contribution in [-0.4, -0.2) is 31.3 Å². The molecule has 0 radical (unpaired) electrons. The largest absolute Gasteiger partial charge is 0.457 e. The molecule has 126 valence electrons. The number of amides is 1. The zero-order valence-electron chi connectivity index (χ0n) is 14.3. The first-order valence-corrected chi connectivity index (χ1v) is 7.66. The van der Waals surface area contributed by atoms with Crippen molar-refractivity contribution in [2.24, 2.45) is 0 Å². The molecule has 0 saturated heterocycles. The van der Waals surface area contributed by atoms with Crippen LogP contribution in [0, 0.1) is 6.92 Å². The molecule has 2 N–H and O–H groups in total. The number of benzene rings is 1. The summed E-state index contributed by atoms with van der Waals surface area (Å²) in [6, 6.07) is 3.60. The second-order valence-corrected chi connectivity index (χ2v) is 6.61. The Labute approximate surface area is 136 Å². The van der Waals surface area contributed by atoms with Crippen molar-refractivity contribution in [3.05, 3.63) is 34.4 Å². The molecule has 1 amide bonds. The number of hydrogen-bond donors (Lipinski definition) is 2. The highest BCUT2D eigenvalue weighted by atomic mass is 16.6. The Bertz CT molecular complexity index is 620. The zero-order chi connectivity index (χ0) is 17.2. The van der Waals surface area contributed by atoms with Crippen molar-refractivity contribution in [1.82, 2.24) is 10.6 Å². The molecule has 0 fully saturated rings. The molecule has 1 aliphatic heterocycles. The minimum absolute atomic E-state index is 0.0801. The zero-order valence-corrected chi connectivity index (χ0v) is 14.3. The van der Waals surface area contributed by atoms with E-state index < -0.39 is 11.7 Å². The van der Waals surface area contributed by atoms with Gasteiger partial charge in [-0.3, -0.25) is 0 Å². The predicted octanol–water partition coefficient (Wildman–Crippen LogP) is 2.45. The van der Waals surface area contributed by atoms with Crippen molar-refractivity contribution >= 4 is 12.1 Å². The topological polar surface area (TPSA) is 76.7 Å². The smallest absolute Gasteiger partial charge is 0.407 e. The SMILES string of the molecule is CN[C@@H](CNC(=O)OC(C)(C)C)c1ccc2c(c1C)COC2=O. The van der Waals surface area contributed by atoms with Crippen LogP contribution in [0.25, 0.3) is 0 Å². The summed E-state index contributed by atoms with van der Waals surface area (Å²) in [5, 5.41) is 5.95. The summed E-state index contributed by atoms with van der Waals surface area (Å²) in [4.78, 5) is 23.4. The lowest BCUT2D eigenvalue weighted by molar-refractivity contribution is 0.0516. The van der Waals surface area contributed by atoms with Crippen LogP contribution >= 0.6 is 0 Å². The number of ether oxygens (including phenoxy) is 2. The van der Waals surface area contributed by atoms with Gasteiger partial charge < -0.3 is 20.1 Å². The van der Waals surface area contributed by atoms with Crippen LogP contribution in [0.5, 0.6) is 0 Å². The molecule has 1 atom stereocenters. The van der Waals surface area contributed by atoms with Crippen molar-refractivity contribution < 1.29 is 19.1 Å². The maximum Gasteiger partial charge on any atom is 0.407 e. The minimum Gasteiger partial charge on any atom is -0.457 e. The summed E-state index contributed by atoms with van der Waals surface area (Å²) >= 11 is 0. The van der Waals surface area contributed by atoms with Crippen molar-refractivity contribution in [3.8, 4) is 0 Å². The number of alkyl carbamates (subject to hydrolysis) is 1. The Hall–Kier alpha value is -2.08. The van der Waals surface area contributed by atoms with E-state index in [9.17, 15) is 9.59 Å². The molecular weight excluding hydrogens is 296 g/mol. The number of cyclic esters (lactones) is 1. The van der Waals surface area contributed by atoms with Crippen LogP contribution in [0.4, 0.5) is 4.79 Å². The molecule has 1 aromatic rings. The maximum absolute atomic E-state index is 11.8. The third-order valence-electron chi connectivity index (χ3n) is 3.78. The van der Waals surface area contributed by atoms with E-state index in [0.29, 0.717) is 18.7 Å². The van der Waals surface area contributed by atoms with Crippen LogP contribution in [0.15, 0.2) is 12.1 Å². The van der Waals surface area contributed by atoms with Gasteiger partial charge in [0.25, 0.3) is 0 Å². The summed E-state index contributed by atoms with van der Waals surface area (Å²) in [5.74, 6) is -0.275. The van der Waals surface area contributed by atoms with Crippen molar-refractivity contribution in [1.29, 1.82) is 0 Å². The van der Waals surface area contributed by atoms with E-state index in [-0.39, 0.29) is 12.0 Å². The summed E-state index contributed by atoms with van der Waals surface area (Å²) < 4.78 is 10.3. The molecule has 0 aromatic heterocycles. The molecule has 0 bridgehead atoms. The van der Waals surface area contributed by atoms with Gasteiger partial charge in [0.2, 0.25) is 0 Å². The normalized spacial score (nSPS) is 14.9. The molecular formula is C17H24N2O4. The lowest BCUT2D eigenvalue weighted by atomic mass is 9.94. The van der Waals surface area contributed by atoms with Gasteiger partial charge in [-0.1, -0.05) is 6.07 Å². The number of rotatable bonds is 4. The number of hydrogen-bond acceptors (Lipinski definition) is 5. The number of carbonyl (C=O) groups excluding carboxylic acids is 2. The highest BCUT2D eigenvalue weighted by Gasteiger charge is 2.26. The number of fused-ring (bicyclic) bond motifs is 1. The second-order valence-electron chi connectivity index (χ2n) is 6.61. The molecule has 0 unspecified atom stereocenters. The van der Waals surface area contributed by atoms with E-state index in [1.54, 1.807) is 6.07 Å². The van der Waals surface area contributed by atoms with E-state index in [4.69, 9.17) is 9.47 Å². The fourth-order valence-corrected chi connectivity index (χ4v) is 2.61. The van der Waals surface area contributed by atoms with E-state index in [1.807, 2.05) is 40.8 Å². The maximum atomic E-state index is 11.8. The summed E-state index contributed by atoms with van der Waals surface area (Å²) in [6.07, 6.45) is -0.449. The Morgan fingerprint density at radius 3 is 2.70 bits per heavy atom. The summed E-state index contributed by atoms with van der Waals surface area (Å²) in [5.41, 5.74) is 3.06. The van der Waals surface area contributed by atoms with Gasteiger partial charge in [0, 0.05) is 18.2 Å². The van der Waals surface area contributed by atoms with Gasteiger partial charge in [-0.05, 0) is 51.9 Å². The molecule has 23 heavy (non-hydrogen) atoms. The second kappa shape index (κ2) is 6.58. The van der Waals surface area contributed by atoms with Gasteiger partial charge in [-0.25, -0.2) is 9.59 Å². The number of likely N-dealkylation sites (N-methyl/N-ethyl adjacent to an activating group) is 1. The molecule has 0 spiro atoms. The van der Waals surface area contributed by atoms with E-state index in [0.717, 1.165) is 16.7 Å². The van der Waals surface area contributed by atoms with Crippen LogP contribution in [0.2, 0.25) is 0 Å². The third-order valence-corrected chi connectivity index (χ3v) is 3.78. The van der Waals surface area contributed by atoms with Gasteiger partial charge >= 0.3 is 12.1 Å². The van der Waals surface area contributed by atoms with Crippen molar-refractivity contribution in [3.63, 3.8) is 0 Å². The van der Waals surface area contributed by atoms with E-state index in [1.165, 1.54) is 0 Å². The van der Waals surface area contributed by atoms with Crippen LogP contribution in [0.1, 0.15) is 53.9 Å². The summed E-state index contributed by atoms with van der Waals surface area (Å²) in [6.45, 7) is 8.13. The molecule has 6 nitrogen and oxygen atoms in total. The fourth-order valence-electron chi connectivity index (χ4n) is 2.61. The first-order chi connectivity index (χ1) is 10.7. The average molecular weight is 320 g/mol. The Balaban J connectivity index is 2.10. The molecule has 1 aromatic carbocycles. The van der Waals surface area contributed by atoms with Gasteiger partial charge in [0.1, 0.15) is 12.2 Å².